The van der Waals surface area contributed by atoms with Gasteiger partial charge >= 0.3 is 24.1 Å². The van der Waals surface area contributed by atoms with Gasteiger partial charge in [-0.15, -0.1) is 0 Å². The summed E-state index contributed by atoms with van der Waals surface area (Å²) >= 11 is 0. The summed E-state index contributed by atoms with van der Waals surface area (Å²) in [6.45, 7) is 10.4. The molecule has 2 N–H and O–H groups in total. The summed E-state index contributed by atoms with van der Waals surface area (Å²) in [4.78, 5) is 43.6. The first kappa shape index (κ1) is 29.0. The monoisotopic (exact) mass is 486 g/mol. The fourth-order valence-corrected chi connectivity index (χ4v) is 4.02. The van der Waals surface area contributed by atoms with E-state index in [-0.39, 0.29) is 16.1 Å². The standard InChI is InChI=1S/C14H21NO4.C10H17NO4.2H2/c1-2-13(16)18-5-6-19-14(17)15-9-12-8-10-3-4-11(12)7-10;1-3-9(12)14-7-5-6-8-15-10(13)11-4-2;;/h2,10-12H,1,3-9H2,(H,15,17);3H,1,4-8H2,2H3,(H,11,13);2*1H. The van der Waals surface area contributed by atoms with Crippen LogP contribution in [0.5, 0.6) is 0 Å². The molecule has 0 aromatic rings. The maximum absolute atomic E-state index is 11.4. The second kappa shape index (κ2) is 17.4. The molecule has 10 heteroatoms. The number of carbonyl (C=O) groups excluding carboxylic acids is 4. The number of rotatable bonds is 13. The molecule has 3 atom stereocenters. The smallest absolute Gasteiger partial charge is 0.407 e. The Kier molecular flexibility index (Phi) is 14.9. The predicted octanol–water partition coefficient (Wildman–Crippen LogP) is 3.61. The minimum absolute atomic E-state index is 0. The van der Waals surface area contributed by atoms with Gasteiger partial charge < -0.3 is 29.6 Å². The van der Waals surface area contributed by atoms with E-state index in [4.69, 9.17) is 18.9 Å². The number of carbonyl (C=O) groups is 4. The number of hydrogen-bond donors (Lipinski definition) is 2. The van der Waals surface area contributed by atoms with Crippen LogP contribution in [0.25, 0.3) is 0 Å². The number of nitrogens with one attached hydrogen (secondary N) is 2. The molecule has 0 heterocycles. The molecule has 2 saturated carbocycles. The zero-order chi connectivity index (χ0) is 25.2. The van der Waals surface area contributed by atoms with Gasteiger partial charge in [0, 0.05) is 28.1 Å². The summed E-state index contributed by atoms with van der Waals surface area (Å²) in [5, 5.41) is 5.29. The van der Waals surface area contributed by atoms with Crippen molar-refractivity contribution in [2.75, 3.05) is 39.5 Å². The second-order valence-electron chi connectivity index (χ2n) is 8.07. The topological polar surface area (TPSA) is 129 Å². The Balaban J connectivity index is 0. The van der Waals surface area contributed by atoms with Gasteiger partial charge in [-0.1, -0.05) is 19.6 Å². The van der Waals surface area contributed by atoms with Crippen LogP contribution in [0.1, 0.15) is 48.3 Å². The van der Waals surface area contributed by atoms with Crippen molar-refractivity contribution in [3.8, 4) is 0 Å². The Bertz CT molecular complexity index is 693. The number of fused-ring (bicyclic) bond motifs is 2. The predicted molar refractivity (Wildman–Crippen MR) is 129 cm³/mol. The van der Waals surface area contributed by atoms with Crippen molar-refractivity contribution in [1.29, 1.82) is 0 Å². The normalized spacial score (nSPS) is 19.6. The van der Waals surface area contributed by atoms with E-state index in [0.717, 1.165) is 24.0 Å². The van der Waals surface area contributed by atoms with Crippen LogP contribution in [-0.4, -0.2) is 63.6 Å². The van der Waals surface area contributed by atoms with Gasteiger partial charge in [0.2, 0.25) is 0 Å². The zero-order valence-corrected chi connectivity index (χ0v) is 20.1. The number of ether oxygens (including phenoxy) is 4. The Labute approximate surface area is 204 Å². The van der Waals surface area contributed by atoms with Crippen molar-refractivity contribution >= 4 is 24.1 Å². The molecule has 2 fully saturated rings. The minimum atomic E-state index is -0.508. The lowest BCUT2D eigenvalue weighted by atomic mass is 9.89. The lowest BCUT2D eigenvalue weighted by Gasteiger charge is -2.21. The summed E-state index contributed by atoms with van der Waals surface area (Å²) in [6, 6.07) is 0. The number of esters is 2. The van der Waals surface area contributed by atoms with Crippen molar-refractivity contribution in [2.45, 2.75) is 45.4 Å². The largest absolute Gasteiger partial charge is 0.463 e. The van der Waals surface area contributed by atoms with Crippen LogP contribution < -0.4 is 10.6 Å². The molecule has 0 aliphatic heterocycles. The van der Waals surface area contributed by atoms with Gasteiger partial charge in [-0.05, 0) is 56.8 Å². The summed E-state index contributed by atoms with van der Waals surface area (Å²) in [6.07, 6.45) is 7.92. The molecule has 2 aliphatic carbocycles. The molecule has 34 heavy (non-hydrogen) atoms. The average molecular weight is 487 g/mol. The van der Waals surface area contributed by atoms with E-state index < -0.39 is 24.1 Å². The van der Waals surface area contributed by atoms with Gasteiger partial charge in [-0.25, -0.2) is 19.2 Å². The third-order valence-corrected chi connectivity index (χ3v) is 5.62. The third kappa shape index (κ3) is 12.9. The SMILES string of the molecule is C=CC(=O)OCCCCOC(=O)NCC.C=CC(=O)OCCOC(=O)NCC1CC2CCC1C2.[HH].[HH]. The van der Waals surface area contributed by atoms with Crippen LogP contribution in [0, 0.1) is 17.8 Å². The fraction of sp³-hybridized carbons (Fsp3) is 0.667. The summed E-state index contributed by atoms with van der Waals surface area (Å²) < 4.78 is 19.2. The maximum atomic E-state index is 11.4. The number of hydrogen-bond acceptors (Lipinski definition) is 8. The second-order valence-corrected chi connectivity index (χ2v) is 8.07. The van der Waals surface area contributed by atoms with Gasteiger partial charge in [0.05, 0.1) is 13.2 Å². The fourth-order valence-electron chi connectivity index (χ4n) is 4.02. The molecule has 0 aromatic carbocycles. The number of unbranched alkanes of at least 4 members (excludes halogenated alkanes) is 1. The molecule has 2 rings (SSSR count). The highest BCUT2D eigenvalue weighted by atomic mass is 16.6. The molecule has 2 bridgehead atoms. The average Bonchev–Trinajstić information content (AvgIpc) is 3.46. The van der Waals surface area contributed by atoms with Gasteiger partial charge in [-0.3, -0.25) is 0 Å². The molecular formula is C24H42N2O8. The summed E-state index contributed by atoms with van der Waals surface area (Å²) in [5.41, 5.74) is 0. The van der Waals surface area contributed by atoms with E-state index in [0.29, 0.717) is 45.1 Å². The van der Waals surface area contributed by atoms with Gasteiger partial charge in [0.25, 0.3) is 0 Å². The Morgan fingerprint density at radius 1 is 0.824 bits per heavy atom. The van der Waals surface area contributed by atoms with E-state index in [1.165, 1.54) is 25.7 Å². The lowest BCUT2D eigenvalue weighted by molar-refractivity contribution is -0.139. The van der Waals surface area contributed by atoms with E-state index in [1.807, 2.05) is 6.92 Å². The summed E-state index contributed by atoms with van der Waals surface area (Å²) in [5.74, 6) is 1.35. The lowest BCUT2D eigenvalue weighted by Crippen LogP contribution is -2.32. The van der Waals surface area contributed by atoms with Gasteiger partial charge in [0.1, 0.15) is 13.2 Å². The first-order valence-corrected chi connectivity index (χ1v) is 11.8. The molecule has 196 valence electrons. The van der Waals surface area contributed by atoms with Crippen LogP contribution in [-0.2, 0) is 28.5 Å². The first-order valence-electron chi connectivity index (χ1n) is 11.8. The molecule has 2 amide bonds. The van der Waals surface area contributed by atoms with E-state index >= 15 is 0 Å². The van der Waals surface area contributed by atoms with Crippen LogP contribution in [0.2, 0.25) is 0 Å². The molecule has 0 aromatic heterocycles. The van der Waals surface area contributed by atoms with E-state index in [1.54, 1.807) is 0 Å². The molecule has 3 unspecified atom stereocenters. The van der Waals surface area contributed by atoms with Crippen LogP contribution in [0.3, 0.4) is 0 Å². The Morgan fingerprint density at radius 3 is 1.94 bits per heavy atom. The van der Waals surface area contributed by atoms with Crippen molar-refractivity contribution in [1.82, 2.24) is 10.6 Å². The van der Waals surface area contributed by atoms with E-state index in [2.05, 4.69) is 23.8 Å². The van der Waals surface area contributed by atoms with Crippen molar-refractivity contribution < 1.29 is 41.0 Å². The quantitative estimate of drug-likeness (QED) is 0.175. The van der Waals surface area contributed by atoms with Crippen molar-refractivity contribution in [3.05, 3.63) is 25.3 Å². The van der Waals surface area contributed by atoms with Crippen molar-refractivity contribution in [3.63, 3.8) is 0 Å². The third-order valence-electron chi connectivity index (χ3n) is 5.62. The maximum Gasteiger partial charge on any atom is 0.407 e. The highest BCUT2D eigenvalue weighted by molar-refractivity contribution is 5.81. The highest BCUT2D eigenvalue weighted by Gasteiger charge is 2.39. The van der Waals surface area contributed by atoms with Crippen LogP contribution in [0.4, 0.5) is 9.59 Å². The summed E-state index contributed by atoms with van der Waals surface area (Å²) in [7, 11) is 0. The van der Waals surface area contributed by atoms with Crippen LogP contribution >= 0.6 is 0 Å². The highest BCUT2D eigenvalue weighted by Crippen LogP contribution is 2.47. The minimum Gasteiger partial charge on any atom is -0.463 e. The Morgan fingerprint density at radius 2 is 1.38 bits per heavy atom. The van der Waals surface area contributed by atoms with Crippen LogP contribution in [0.15, 0.2) is 25.3 Å². The Hall–Kier alpha value is -3.04. The molecular weight excluding hydrogens is 444 g/mol. The molecule has 10 nitrogen and oxygen atoms in total. The van der Waals surface area contributed by atoms with E-state index in [9.17, 15) is 19.2 Å². The number of amides is 2. The zero-order valence-electron chi connectivity index (χ0n) is 20.1. The van der Waals surface area contributed by atoms with Gasteiger partial charge in [-0.2, -0.15) is 0 Å². The van der Waals surface area contributed by atoms with Gasteiger partial charge in [0.15, 0.2) is 0 Å². The first-order chi connectivity index (χ1) is 16.4. The van der Waals surface area contributed by atoms with Crippen molar-refractivity contribution in [2.24, 2.45) is 17.8 Å². The molecule has 0 radical (unpaired) electrons. The molecule has 0 spiro atoms. The molecule has 0 saturated heterocycles. The number of alkyl carbamates (subject to hydrolysis) is 2. The molecule has 2 aliphatic rings.